The second kappa shape index (κ2) is 6.44. The van der Waals surface area contributed by atoms with Gasteiger partial charge < -0.3 is 10.3 Å². The van der Waals surface area contributed by atoms with Crippen molar-refractivity contribution in [1.82, 2.24) is 29.3 Å². The highest BCUT2D eigenvalue weighted by Crippen LogP contribution is 2.24. The molecule has 4 rings (SSSR count). The third kappa shape index (κ3) is 2.73. The van der Waals surface area contributed by atoms with Crippen LogP contribution in [-0.4, -0.2) is 29.3 Å². The first-order valence-corrected chi connectivity index (χ1v) is 8.42. The zero-order valence-corrected chi connectivity index (χ0v) is 14.7. The number of anilines is 1. The molecule has 3 aromatic heterocycles. The van der Waals surface area contributed by atoms with E-state index in [9.17, 15) is 0 Å². The predicted molar refractivity (Wildman–Crippen MR) is 103 cm³/mol. The molecule has 130 valence electrons. The van der Waals surface area contributed by atoms with Gasteiger partial charge in [0, 0.05) is 18.3 Å². The van der Waals surface area contributed by atoms with Crippen LogP contribution in [-0.2, 0) is 6.54 Å². The Kier molecular flexibility index (Phi) is 3.96. The maximum Gasteiger partial charge on any atom is 0.235 e. The van der Waals surface area contributed by atoms with Crippen LogP contribution >= 0.6 is 0 Å². The van der Waals surface area contributed by atoms with Crippen LogP contribution in [0.3, 0.4) is 0 Å². The molecule has 0 unspecified atom stereocenters. The van der Waals surface area contributed by atoms with Crippen molar-refractivity contribution in [3.8, 4) is 5.95 Å². The summed E-state index contributed by atoms with van der Waals surface area (Å²) in [6, 6.07) is 8.39. The van der Waals surface area contributed by atoms with E-state index < -0.39 is 0 Å². The minimum absolute atomic E-state index is 0.305. The summed E-state index contributed by atoms with van der Waals surface area (Å²) in [5.74, 6) is 0.940. The normalized spacial score (nSPS) is 11.6. The number of nitrogen functional groups attached to an aromatic ring is 1. The van der Waals surface area contributed by atoms with E-state index >= 15 is 0 Å². The van der Waals surface area contributed by atoms with Gasteiger partial charge in [-0.3, -0.25) is 4.98 Å². The molecule has 7 nitrogen and oxygen atoms in total. The van der Waals surface area contributed by atoms with Gasteiger partial charge in [0.1, 0.15) is 11.8 Å². The number of fused-ring (bicyclic) bond motifs is 1. The van der Waals surface area contributed by atoms with Gasteiger partial charge in [-0.25, -0.2) is 4.98 Å². The van der Waals surface area contributed by atoms with E-state index in [1.165, 1.54) is 16.6 Å². The summed E-state index contributed by atoms with van der Waals surface area (Å²) in [6.07, 6.45) is 9.15. The first-order chi connectivity index (χ1) is 12.7. The molecular formula is C19H19N7. The summed E-state index contributed by atoms with van der Waals surface area (Å²) < 4.78 is 3.60. The Bertz CT molecular complexity index is 1090. The van der Waals surface area contributed by atoms with Gasteiger partial charge in [-0.05, 0) is 19.4 Å². The number of rotatable bonds is 4. The Morgan fingerprint density at radius 3 is 2.62 bits per heavy atom. The molecule has 0 fully saturated rings. The molecule has 7 heteroatoms. The molecule has 0 aliphatic carbocycles. The molecule has 1 aromatic carbocycles. The van der Waals surface area contributed by atoms with Gasteiger partial charge >= 0.3 is 0 Å². The Hall–Kier alpha value is -3.48. The lowest BCUT2D eigenvalue weighted by molar-refractivity contribution is 0.705. The van der Waals surface area contributed by atoms with Crippen LogP contribution < -0.4 is 5.73 Å². The van der Waals surface area contributed by atoms with Gasteiger partial charge in [0.2, 0.25) is 11.9 Å². The number of imidazole rings is 1. The molecule has 4 aromatic rings. The number of hydrogen-bond acceptors (Lipinski definition) is 5. The number of nitrogens with zero attached hydrogens (tertiary/aromatic N) is 6. The minimum atomic E-state index is 0.305. The topological polar surface area (TPSA) is 87.4 Å². The average molecular weight is 345 g/mol. The molecule has 0 saturated carbocycles. The maximum absolute atomic E-state index is 5.91. The summed E-state index contributed by atoms with van der Waals surface area (Å²) in [4.78, 5) is 13.0. The first-order valence-electron chi connectivity index (χ1n) is 8.42. The van der Waals surface area contributed by atoms with Crippen molar-refractivity contribution in [1.29, 1.82) is 0 Å². The molecule has 0 spiro atoms. The lowest BCUT2D eigenvalue weighted by atomic mass is 10.1. The standard InChI is InChI=1S/C19H19N7/c1-3-25-17-15(9-8-14-6-4-13(2)5-7-14)10-21-11-16(17)24-19(25)26-18(20)22-12-23-26/h4-12H,3H2,1-2H3,(H2,20,22,23)/b9-8+. The fourth-order valence-electron chi connectivity index (χ4n) is 2.95. The van der Waals surface area contributed by atoms with Crippen LogP contribution in [0, 0.1) is 6.92 Å². The van der Waals surface area contributed by atoms with Gasteiger partial charge in [0.25, 0.3) is 0 Å². The second-order valence-electron chi connectivity index (χ2n) is 6.03. The number of aryl methyl sites for hydroxylation is 2. The Balaban J connectivity index is 1.84. The highest BCUT2D eigenvalue weighted by atomic mass is 15.4. The quantitative estimate of drug-likeness (QED) is 0.614. The van der Waals surface area contributed by atoms with E-state index in [0.717, 1.165) is 28.7 Å². The molecular weight excluding hydrogens is 326 g/mol. The van der Waals surface area contributed by atoms with Crippen molar-refractivity contribution < 1.29 is 0 Å². The van der Waals surface area contributed by atoms with Crippen LogP contribution in [0.5, 0.6) is 0 Å². The van der Waals surface area contributed by atoms with Crippen molar-refractivity contribution in [2.75, 3.05) is 5.73 Å². The molecule has 0 saturated heterocycles. The zero-order valence-electron chi connectivity index (χ0n) is 14.7. The van der Waals surface area contributed by atoms with E-state index in [1.54, 1.807) is 6.20 Å². The highest BCUT2D eigenvalue weighted by molar-refractivity contribution is 5.88. The molecule has 0 aliphatic rings. The Labute approximate surface area is 150 Å². The van der Waals surface area contributed by atoms with Gasteiger partial charge in [-0.2, -0.15) is 14.8 Å². The molecule has 0 bridgehead atoms. The number of hydrogen-bond donors (Lipinski definition) is 1. The second-order valence-corrected chi connectivity index (χ2v) is 6.03. The molecule has 0 aliphatic heterocycles. The Morgan fingerprint density at radius 1 is 1.12 bits per heavy atom. The van der Waals surface area contributed by atoms with Gasteiger partial charge in [0.15, 0.2) is 0 Å². The number of benzene rings is 1. The molecule has 0 atom stereocenters. The third-order valence-corrected chi connectivity index (χ3v) is 4.27. The van der Waals surface area contributed by atoms with Gasteiger partial charge in [-0.15, -0.1) is 0 Å². The fraction of sp³-hybridized carbons (Fsp3) is 0.158. The van der Waals surface area contributed by atoms with Crippen molar-refractivity contribution >= 4 is 29.1 Å². The fourth-order valence-corrected chi connectivity index (χ4v) is 2.95. The van der Waals surface area contributed by atoms with Gasteiger partial charge in [0.05, 0.1) is 11.7 Å². The molecule has 2 N–H and O–H groups in total. The summed E-state index contributed by atoms with van der Waals surface area (Å²) in [6.45, 7) is 4.86. The van der Waals surface area contributed by atoms with Gasteiger partial charge in [-0.1, -0.05) is 42.0 Å². The minimum Gasteiger partial charge on any atom is -0.368 e. The van der Waals surface area contributed by atoms with Crippen LogP contribution in [0.4, 0.5) is 5.95 Å². The maximum atomic E-state index is 5.91. The number of nitrogens with two attached hydrogens (primary N) is 1. The summed E-state index contributed by atoms with van der Waals surface area (Å²) in [7, 11) is 0. The van der Waals surface area contributed by atoms with Crippen molar-refractivity contribution in [3.63, 3.8) is 0 Å². The SMILES string of the molecule is CCn1c(-n2ncnc2N)nc2cncc(/C=C/c3ccc(C)cc3)c21. The highest BCUT2D eigenvalue weighted by Gasteiger charge is 2.16. The lowest BCUT2D eigenvalue weighted by Gasteiger charge is -2.07. The zero-order chi connectivity index (χ0) is 18.1. The molecule has 0 radical (unpaired) electrons. The van der Waals surface area contributed by atoms with Crippen molar-refractivity contribution in [3.05, 3.63) is 59.7 Å². The van der Waals surface area contributed by atoms with E-state index in [2.05, 4.69) is 74.9 Å². The summed E-state index contributed by atoms with van der Waals surface area (Å²) in [5.41, 5.74) is 11.1. The average Bonchev–Trinajstić information content (AvgIpc) is 3.24. The largest absolute Gasteiger partial charge is 0.368 e. The van der Waals surface area contributed by atoms with Crippen LogP contribution in [0.15, 0.2) is 43.0 Å². The van der Waals surface area contributed by atoms with Crippen LogP contribution in [0.2, 0.25) is 0 Å². The number of aromatic nitrogens is 6. The summed E-state index contributed by atoms with van der Waals surface area (Å²) >= 11 is 0. The molecule has 3 heterocycles. The van der Waals surface area contributed by atoms with E-state index in [0.29, 0.717) is 11.9 Å². The summed E-state index contributed by atoms with van der Waals surface area (Å²) in [5, 5.41) is 4.18. The lowest BCUT2D eigenvalue weighted by Crippen LogP contribution is -2.10. The first kappa shape index (κ1) is 16.0. The Morgan fingerprint density at radius 2 is 1.92 bits per heavy atom. The van der Waals surface area contributed by atoms with Crippen molar-refractivity contribution in [2.45, 2.75) is 20.4 Å². The third-order valence-electron chi connectivity index (χ3n) is 4.27. The molecule has 26 heavy (non-hydrogen) atoms. The predicted octanol–water partition coefficient (Wildman–Crippen LogP) is 3.09. The van der Waals surface area contributed by atoms with Crippen LogP contribution in [0.25, 0.3) is 29.1 Å². The van der Waals surface area contributed by atoms with E-state index in [-0.39, 0.29) is 0 Å². The number of pyridine rings is 1. The van der Waals surface area contributed by atoms with E-state index in [1.807, 2.05) is 6.20 Å². The van der Waals surface area contributed by atoms with Crippen LogP contribution in [0.1, 0.15) is 23.6 Å². The monoisotopic (exact) mass is 345 g/mol. The van der Waals surface area contributed by atoms with Crippen molar-refractivity contribution in [2.24, 2.45) is 0 Å². The molecule has 0 amide bonds. The van der Waals surface area contributed by atoms with E-state index in [4.69, 9.17) is 5.73 Å². The smallest absolute Gasteiger partial charge is 0.235 e.